The van der Waals surface area contributed by atoms with Gasteiger partial charge >= 0.3 is 21.6 Å². The molecule has 2 saturated carbocycles. The number of hydrogen-bond donors (Lipinski definition) is 0. The predicted molar refractivity (Wildman–Crippen MR) is 118 cm³/mol. The van der Waals surface area contributed by atoms with Gasteiger partial charge in [-0.15, -0.1) is 0 Å². The minimum atomic E-state index is -5.69. The molecule has 1 aromatic carbocycles. The van der Waals surface area contributed by atoms with Gasteiger partial charge in [0.2, 0.25) is 0 Å². The van der Waals surface area contributed by atoms with Crippen LogP contribution in [0, 0.1) is 22.7 Å². The van der Waals surface area contributed by atoms with Gasteiger partial charge in [-0.2, -0.15) is 21.6 Å². The second-order valence-corrected chi connectivity index (χ2v) is 13.1. The third-order valence-corrected chi connectivity index (χ3v) is 10.5. The van der Waals surface area contributed by atoms with Crippen molar-refractivity contribution >= 4 is 16.1 Å². The maximum Gasteiger partial charge on any atom is 0.534 e. The van der Waals surface area contributed by atoms with Gasteiger partial charge in [0.15, 0.2) is 0 Å². The monoisotopic (exact) mass is 500 g/mol. The predicted octanol–water partition coefficient (Wildman–Crippen LogP) is 5.87. The normalized spacial score (nSPS) is 36.9. The van der Waals surface area contributed by atoms with Crippen molar-refractivity contribution < 1.29 is 35.3 Å². The van der Waals surface area contributed by atoms with Crippen LogP contribution < -0.4 is 4.18 Å². The van der Waals surface area contributed by atoms with Crippen LogP contribution in [0.3, 0.4) is 0 Å². The van der Waals surface area contributed by atoms with E-state index in [4.69, 9.17) is 4.74 Å². The molecule has 1 spiro atoms. The fraction of sp³-hybridized carbons (Fsp3) is 0.720. The van der Waals surface area contributed by atoms with Gasteiger partial charge < -0.3 is 8.92 Å². The fourth-order valence-corrected chi connectivity index (χ4v) is 7.89. The molecule has 1 heterocycles. The number of rotatable bonds is 2. The van der Waals surface area contributed by atoms with Gasteiger partial charge in [0.05, 0.1) is 5.41 Å². The van der Waals surface area contributed by atoms with Crippen LogP contribution in [-0.2, 0) is 26.1 Å². The molecule has 4 aliphatic rings. The fourth-order valence-electron chi connectivity index (χ4n) is 7.44. The molecule has 5 rings (SSSR count). The Labute approximate surface area is 198 Å². The molecule has 5 atom stereocenters. The van der Waals surface area contributed by atoms with Gasteiger partial charge in [0, 0.05) is 5.41 Å². The lowest BCUT2D eigenvalue weighted by Crippen LogP contribution is -2.56. The Balaban J connectivity index is 1.39. The van der Waals surface area contributed by atoms with E-state index >= 15 is 0 Å². The number of carbonyl (C=O) groups is 1. The van der Waals surface area contributed by atoms with Crippen LogP contribution in [0.4, 0.5) is 13.2 Å². The van der Waals surface area contributed by atoms with Crippen molar-refractivity contribution in [3.8, 4) is 5.75 Å². The first-order valence-electron chi connectivity index (χ1n) is 12.1. The molecule has 9 heteroatoms. The summed E-state index contributed by atoms with van der Waals surface area (Å²) in [6.07, 6.45) is 6.98. The first-order valence-corrected chi connectivity index (χ1v) is 13.5. The zero-order valence-electron chi connectivity index (χ0n) is 19.7. The van der Waals surface area contributed by atoms with E-state index in [2.05, 4.69) is 11.1 Å². The van der Waals surface area contributed by atoms with Crippen molar-refractivity contribution in [3.63, 3.8) is 0 Å². The van der Waals surface area contributed by atoms with Crippen molar-refractivity contribution in [3.05, 3.63) is 29.3 Å². The van der Waals surface area contributed by atoms with E-state index in [0.717, 1.165) is 56.1 Å². The largest absolute Gasteiger partial charge is 0.534 e. The number of carbonyl (C=O) groups excluding carboxylic acids is 1. The van der Waals surface area contributed by atoms with Crippen molar-refractivity contribution in [1.29, 1.82) is 0 Å². The molecule has 34 heavy (non-hydrogen) atoms. The molecule has 188 valence electrons. The Morgan fingerprint density at radius 3 is 2.44 bits per heavy atom. The molecule has 3 fully saturated rings. The maximum absolute atomic E-state index is 12.8. The van der Waals surface area contributed by atoms with E-state index in [1.54, 1.807) is 6.07 Å². The first kappa shape index (κ1) is 23.9. The molecule has 1 saturated heterocycles. The topological polar surface area (TPSA) is 69.7 Å². The van der Waals surface area contributed by atoms with Crippen LogP contribution in [0.15, 0.2) is 18.2 Å². The molecule has 3 unspecified atom stereocenters. The zero-order chi connectivity index (χ0) is 24.7. The van der Waals surface area contributed by atoms with Crippen LogP contribution in [0.1, 0.15) is 82.8 Å². The number of esters is 1. The molecular formula is C25H31F3O5S. The molecule has 0 N–H and O–H groups in total. The van der Waals surface area contributed by atoms with Crippen LogP contribution in [-0.4, -0.2) is 25.5 Å². The Morgan fingerprint density at radius 1 is 1.03 bits per heavy atom. The van der Waals surface area contributed by atoms with Crippen molar-refractivity contribution in [2.24, 2.45) is 22.7 Å². The van der Waals surface area contributed by atoms with Crippen LogP contribution in [0.5, 0.6) is 5.75 Å². The highest BCUT2D eigenvalue weighted by atomic mass is 32.2. The second kappa shape index (κ2) is 7.37. The molecule has 3 aliphatic carbocycles. The van der Waals surface area contributed by atoms with E-state index in [9.17, 15) is 26.4 Å². The Kier molecular flexibility index (Phi) is 5.19. The summed E-state index contributed by atoms with van der Waals surface area (Å²) < 4.78 is 71.6. The SMILES string of the molecule is CC1(C)CC[C@@]2(CCC3C4CCc5cc(OS(=O)(=O)C(F)(F)F)ccc5C4CC[C@@]32C)OC1=O. The molecule has 1 aromatic rings. The molecule has 1 aliphatic heterocycles. The highest BCUT2D eigenvalue weighted by Gasteiger charge is 2.65. The van der Waals surface area contributed by atoms with Gasteiger partial charge in [0.1, 0.15) is 11.4 Å². The van der Waals surface area contributed by atoms with E-state index < -0.39 is 26.6 Å². The number of ether oxygens (including phenoxy) is 1. The van der Waals surface area contributed by atoms with E-state index in [1.807, 2.05) is 13.8 Å². The smallest absolute Gasteiger partial charge is 0.458 e. The average Bonchev–Trinajstić information content (AvgIpc) is 3.02. The summed E-state index contributed by atoms with van der Waals surface area (Å²) >= 11 is 0. The molecule has 0 aromatic heterocycles. The third-order valence-electron chi connectivity index (χ3n) is 9.47. The van der Waals surface area contributed by atoms with Crippen molar-refractivity contribution in [1.82, 2.24) is 0 Å². The van der Waals surface area contributed by atoms with E-state index in [1.165, 1.54) is 12.1 Å². The summed E-state index contributed by atoms with van der Waals surface area (Å²) in [6.45, 7) is 6.19. The minimum absolute atomic E-state index is 0.0817. The van der Waals surface area contributed by atoms with E-state index in [0.29, 0.717) is 18.3 Å². The van der Waals surface area contributed by atoms with Gasteiger partial charge in [0.25, 0.3) is 0 Å². The van der Waals surface area contributed by atoms with Crippen LogP contribution in [0.25, 0.3) is 0 Å². The maximum atomic E-state index is 12.8. The summed E-state index contributed by atoms with van der Waals surface area (Å²) in [6, 6.07) is 4.52. The van der Waals surface area contributed by atoms with Crippen molar-refractivity contribution in [2.75, 3.05) is 0 Å². The Hall–Kier alpha value is -1.77. The summed E-state index contributed by atoms with van der Waals surface area (Å²) in [5, 5.41) is 0. The molecule has 0 bridgehead atoms. The van der Waals surface area contributed by atoms with Crippen LogP contribution >= 0.6 is 0 Å². The highest BCUT2D eigenvalue weighted by molar-refractivity contribution is 7.88. The number of benzene rings is 1. The zero-order valence-corrected chi connectivity index (χ0v) is 20.5. The number of halogens is 3. The number of hydrogen-bond acceptors (Lipinski definition) is 5. The van der Waals surface area contributed by atoms with Gasteiger partial charge in [-0.3, -0.25) is 4.79 Å². The van der Waals surface area contributed by atoms with Crippen LogP contribution in [0.2, 0.25) is 0 Å². The average molecular weight is 501 g/mol. The molecule has 0 amide bonds. The second-order valence-electron chi connectivity index (χ2n) is 11.5. The van der Waals surface area contributed by atoms with Crippen molar-refractivity contribution in [2.45, 2.75) is 89.2 Å². The summed E-state index contributed by atoms with van der Waals surface area (Å²) in [5.41, 5.74) is -4.45. The molecule has 0 radical (unpaired) electrons. The Morgan fingerprint density at radius 2 is 1.76 bits per heavy atom. The quantitative estimate of drug-likeness (QED) is 0.288. The lowest BCUT2D eigenvalue weighted by molar-refractivity contribution is -0.206. The van der Waals surface area contributed by atoms with Gasteiger partial charge in [-0.05, 0) is 106 Å². The summed E-state index contributed by atoms with van der Waals surface area (Å²) in [4.78, 5) is 12.8. The number of aryl methyl sites for hydroxylation is 1. The minimum Gasteiger partial charge on any atom is -0.458 e. The van der Waals surface area contributed by atoms with E-state index in [-0.39, 0.29) is 23.1 Å². The standard InChI is InChI=1S/C25H31F3O5S/c1-22(2)12-13-24(32-21(22)29)11-9-20-19-6-4-15-14-16(33-34(30,31)25(26,27)28)5-7-17(15)18(19)8-10-23(20,24)3/h5,7,14,18-20H,4,6,8-13H2,1-3H3/t18?,19?,20?,23-,24+/m0/s1. The number of fused-ring (bicyclic) bond motifs is 6. The number of alkyl halides is 3. The lowest BCUT2D eigenvalue weighted by Gasteiger charge is -2.56. The third kappa shape index (κ3) is 3.39. The molecule has 5 nitrogen and oxygen atoms in total. The lowest BCUT2D eigenvalue weighted by atomic mass is 9.52. The highest BCUT2D eigenvalue weighted by Crippen LogP contribution is 2.67. The summed E-state index contributed by atoms with van der Waals surface area (Å²) in [7, 11) is -5.69. The summed E-state index contributed by atoms with van der Waals surface area (Å²) in [5.74, 6) is 0.686. The molecular weight excluding hydrogens is 469 g/mol. The Bertz CT molecular complexity index is 1130. The van der Waals surface area contributed by atoms with Gasteiger partial charge in [-0.1, -0.05) is 13.0 Å². The first-order chi connectivity index (χ1) is 15.7. The van der Waals surface area contributed by atoms with Gasteiger partial charge in [-0.25, -0.2) is 0 Å².